The van der Waals surface area contributed by atoms with Crippen LogP contribution >= 0.6 is 11.6 Å². The average Bonchev–Trinajstić information content (AvgIpc) is 2.48. The van der Waals surface area contributed by atoms with Crippen LogP contribution in [0.3, 0.4) is 0 Å². The van der Waals surface area contributed by atoms with E-state index in [1.807, 2.05) is 0 Å². The van der Waals surface area contributed by atoms with Gasteiger partial charge in [-0.1, -0.05) is 23.7 Å². The van der Waals surface area contributed by atoms with Crippen molar-refractivity contribution in [2.75, 3.05) is 23.8 Å². The van der Waals surface area contributed by atoms with Gasteiger partial charge in [0.05, 0.1) is 11.4 Å². The Morgan fingerprint density at radius 2 is 1.91 bits per heavy atom. The number of benzene rings is 2. The lowest BCUT2D eigenvalue weighted by molar-refractivity contribution is -0.116. The number of nitrogens with zero attached hydrogens (tertiary/aromatic N) is 1. The molecule has 0 fully saturated rings. The number of hydrogen-bond acceptors (Lipinski definition) is 2. The maximum atomic E-state index is 13.6. The zero-order chi connectivity index (χ0) is 16.1. The first-order chi connectivity index (χ1) is 10.5. The molecule has 2 aromatic carbocycles. The summed E-state index contributed by atoms with van der Waals surface area (Å²) < 4.78 is 27.2. The number of anilines is 2. The van der Waals surface area contributed by atoms with Gasteiger partial charge in [-0.05, 0) is 30.3 Å². The molecule has 1 N–H and O–H groups in total. The first-order valence-corrected chi connectivity index (χ1v) is 7.06. The number of amides is 1. The summed E-state index contributed by atoms with van der Waals surface area (Å²) in [6.07, 6.45) is 0.104. The highest BCUT2D eigenvalue weighted by molar-refractivity contribution is 6.30. The molecule has 116 valence electrons. The normalized spacial score (nSPS) is 10.4. The van der Waals surface area contributed by atoms with E-state index in [-0.39, 0.29) is 28.9 Å². The van der Waals surface area contributed by atoms with E-state index in [4.69, 9.17) is 11.6 Å². The lowest BCUT2D eigenvalue weighted by Gasteiger charge is -2.19. The molecule has 0 aliphatic heterocycles. The third-order valence-corrected chi connectivity index (χ3v) is 3.38. The minimum atomic E-state index is -0.594. The SMILES string of the molecule is CN(CCC(=O)Nc1ccc(Cl)cc1F)c1ccccc1F. The molecule has 2 rings (SSSR count). The molecular formula is C16H15ClF2N2O. The Labute approximate surface area is 132 Å². The molecule has 0 saturated heterocycles. The fourth-order valence-electron chi connectivity index (χ4n) is 1.95. The van der Waals surface area contributed by atoms with Gasteiger partial charge in [0.15, 0.2) is 0 Å². The highest BCUT2D eigenvalue weighted by Gasteiger charge is 2.11. The van der Waals surface area contributed by atoms with Gasteiger partial charge in [0, 0.05) is 25.0 Å². The Bertz CT molecular complexity index is 679. The maximum Gasteiger partial charge on any atom is 0.226 e. The van der Waals surface area contributed by atoms with E-state index in [2.05, 4.69) is 5.32 Å². The molecule has 0 heterocycles. The molecule has 22 heavy (non-hydrogen) atoms. The van der Waals surface area contributed by atoms with Gasteiger partial charge in [0.1, 0.15) is 11.6 Å². The van der Waals surface area contributed by atoms with E-state index < -0.39 is 5.82 Å². The van der Waals surface area contributed by atoms with Crippen LogP contribution in [0.2, 0.25) is 5.02 Å². The topological polar surface area (TPSA) is 32.3 Å². The van der Waals surface area contributed by atoms with Crippen LogP contribution in [-0.2, 0) is 4.79 Å². The summed E-state index contributed by atoms with van der Waals surface area (Å²) in [4.78, 5) is 13.5. The lowest BCUT2D eigenvalue weighted by atomic mass is 10.2. The highest BCUT2D eigenvalue weighted by Crippen LogP contribution is 2.20. The fraction of sp³-hybridized carbons (Fsp3) is 0.188. The number of carbonyl (C=O) groups excluding carboxylic acids is 1. The summed E-state index contributed by atoms with van der Waals surface area (Å²) in [7, 11) is 1.69. The molecule has 0 bridgehead atoms. The van der Waals surface area contributed by atoms with Crippen molar-refractivity contribution >= 4 is 28.9 Å². The van der Waals surface area contributed by atoms with Crippen molar-refractivity contribution in [1.29, 1.82) is 0 Å². The summed E-state index contributed by atoms with van der Waals surface area (Å²) in [6.45, 7) is 0.308. The summed E-state index contributed by atoms with van der Waals surface area (Å²) >= 11 is 5.64. The molecule has 0 unspecified atom stereocenters. The molecule has 0 aromatic heterocycles. The standard InChI is InChI=1S/C16H15ClF2N2O/c1-21(15-5-3-2-4-12(15)18)9-8-16(22)20-14-7-6-11(17)10-13(14)19/h2-7,10H,8-9H2,1H3,(H,20,22). The van der Waals surface area contributed by atoms with Crippen molar-refractivity contribution in [3.05, 3.63) is 59.1 Å². The average molecular weight is 325 g/mol. The number of rotatable bonds is 5. The Hall–Kier alpha value is -2.14. The maximum absolute atomic E-state index is 13.6. The molecular weight excluding hydrogens is 310 g/mol. The second-order valence-corrected chi connectivity index (χ2v) is 5.23. The van der Waals surface area contributed by atoms with Crippen LogP contribution < -0.4 is 10.2 Å². The van der Waals surface area contributed by atoms with E-state index in [9.17, 15) is 13.6 Å². The Kier molecular flexibility index (Phi) is 5.33. The number of halogens is 3. The van der Waals surface area contributed by atoms with Crippen molar-refractivity contribution in [3.63, 3.8) is 0 Å². The quantitative estimate of drug-likeness (QED) is 0.898. The Morgan fingerprint density at radius 3 is 2.59 bits per heavy atom. The third kappa shape index (κ3) is 4.18. The van der Waals surface area contributed by atoms with Crippen LogP contribution in [0.1, 0.15) is 6.42 Å². The zero-order valence-corrected chi connectivity index (χ0v) is 12.7. The van der Waals surface area contributed by atoms with Crippen LogP contribution in [0.4, 0.5) is 20.2 Å². The van der Waals surface area contributed by atoms with Gasteiger partial charge < -0.3 is 10.2 Å². The molecule has 0 aliphatic carbocycles. The summed E-state index contributed by atoms with van der Waals surface area (Å²) in [5.74, 6) is -1.30. The number of para-hydroxylation sites is 1. The van der Waals surface area contributed by atoms with E-state index in [1.54, 1.807) is 30.1 Å². The summed E-state index contributed by atoms with van der Waals surface area (Å²) in [5.41, 5.74) is 0.482. The van der Waals surface area contributed by atoms with Crippen LogP contribution in [0.25, 0.3) is 0 Å². The monoisotopic (exact) mass is 324 g/mol. The minimum Gasteiger partial charge on any atom is -0.372 e. The van der Waals surface area contributed by atoms with Gasteiger partial charge in [0.25, 0.3) is 0 Å². The van der Waals surface area contributed by atoms with Crippen molar-refractivity contribution in [2.24, 2.45) is 0 Å². The highest BCUT2D eigenvalue weighted by atomic mass is 35.5. The van der Waals surface area contributed by atoms with E-state index in [1.165, 1.54) is 18.2 Å². The predicted octanol–water partition coefficient (Wildman–Crippen LogP) is 4.08. The van der Waals surface area contributed by atoms with Crippen molar-refractivity contribution in [3.8, 4) is 0 Å². The van der Waals surface area contributed by atoms with Gasteiger partial charge >= 0.3 is 0 Å². The van der Waals surface area contributed by atoms with Gasteiger partial charge in [-0.2, -0.15) is 0 Å². The smallest absolute Gasteiger partial charge is 0.226 e. The molecule has 0 atom stereocenters. The van der Waals surface area contributed by atoms with Gasteiger partial charge in [-0.3, -0.25) is 4.79 Å². The molecule has 0 saturated carbocycles. The fourth-order valence-corrected chi connectivity index (χ4v) is 2.11. The van der Waals surface area contributed by atoms with Crippen LogP contribution in [0.15, 0.2) is 42.5 Å². The Balaban J connectivity index is 1.91. The molecule has 6 heteroatoms. The van der Waals surface area contributed by atoms with Gasteiger partial charge in [0.2, 0.25) is 5.91 Å². The first-order valence-electron chi connectivity index (χ1n) is 6.68. The minimum absolute atomic E-state index is 0.0722. The largest absolute Gasteiger partial charge is 0.372 e. The van der Waals surface area contributed by atoms with Crippen LogP contribution in [0, 0.1) is 11.6 Å². The van der Waals surface area contributed by atoms with E-state index in [0.29, 0.717) is 12.2 Å². The summed E-state index contributed by atoms with van der Waals surface area (Å²) in [6, 6.07) is 10.3. The molecule has 0 aliphatic rings. The second kappa shape index (κ2) is 7.22. The number of carbonyl (C=O) groups is 1. The Morgan fingerprint density at radius 1 is 1.18 bits per heavy atom. The van der Waals surface area contributed by atoms with Crippen LogP contribution in [0.5, 0.6) is 0 Å². The van der Waals surface area contributed by atoms with Crippen LogP contribution in [-0.4, -0.2) is 19.5 Å². The summed E-state index contributed by atoms with van der Waals surface area (Å²) in [5, 5.41) is 2.72. The van der Waals surface area contributed by atoms with Gasteiger partial charge in [-0.15, -0.1) is 0 Å². The van der Waals surface area contributed by atoms with E-state index >= 15 is 0 Å². The predicted molar refractivity (Wildman–Crippen MR) is 84.3 cm³/mol. The molecule has 3 nitrogen and oxygen atoms in total. The second-order valence-electron chi connectivity index (χ2n) is 4.80. The lowest BCUT2D eigenvalue weighted by Crippen LogP contribution is -2.24. The van der Waals surface area contributed by atoms with Gasteiger partial charge in [-0.25, -0.2) is 8.78 Å². The third-order valence-electron chi connectivity index (χ3n) is 3.14. The first kappa shape index (κ1) is 16.2. The number of nitrogens with one attached hydrogen (secondary N) is 1. The molecule has 0 spiro atoms. The van der Waals surface area contributed by atoms with Crippen molar-refractivity contribution in [2.45, 2.75) is 6.42 Å². The van der Waals surface area contributed by atoms with Crippen molar-refractivity contribution in [1.82, 2.24) is 0 Å². The number of hydrogen-bond donors (Lipinski definition) is 1. The zero-order valence-electron chi connectivity index (χ0n) is 11.9. The van der Waals surface area contributed by atoms with E-state index in [0.717, 1.165) is 6.07 Å². The molecule has 0 radical (unpaired) electrons. The molecule has 2 aromatic rings. The molecule has 1 amide bonds. The van der Waals surface area contributed by atoms with Crippen molar-refractivity contribution < 1.29 is 13.6 Å².